The Kier molecular flexibility index (Phi) is 50.6. The Morgan fingerprint density at radius 3 is 1.10 bits per heavy atom. The van der Waals surface area contributed by atoms with Crippen molar-refractivity contribution in [2.75, 3.05) is 138 Å². The Morgan fingerprint density at radius 2 is 0.714 bits per heavy atom. The molecule has 0 aliphatic rings. The molecule has 0 bridgehead atoms. The number of rotatable bonds is 56. The molecular formula is C49H93N5O16. The van der Waals surface area contributed by atoms with Gasteiger partial charge < -0.3 is 74.7 Å². The van der Waals surface area contributed by atoms with E-state index in [1.807, 2.05) is 6.92 Å². The lowest BCUT2D eigenvalue weighted by atomic mass is 10.0. The first-order valence-electron chi connectivity index (χ1n) is 26.0. The Balaban J connectivity index is 3.51. The second kappa shape index (κ2) is 53.3. The molecule has 0 heterocycles. The van der Waals surface area contributed by atoms with Gasteiger partial charge in [0.2, 0.25) is 23.6 Å². The van der Waals surface area contributed by atoms with Gasteiger partial charge in [-0.3, -0.25) is 24.0 Å². The molecule has 0 radical (unpaired) electrons. The molecule has 0 spiro atoms. The monoisotopic (exact) mass is 1010 g/mol. The Labute approximate surface area is 417 Å². The van der Waals surface area contributed by atoms with Crippen LogP contribution in [-0.2, 0) is 66.7 Å². The van der Waals surface area contributed by atoms with E-state index in [4.69, 9.17) is 43.0 Å². The van der Waals surface area contributed by atoms with E-state index in [2.05, 4.69) is 26.6 Å². The number of nitrogens with one attached hydrogen (secondary N) is 5. The topological polar surface area (TPSA) is 277 Å². The van der Waals surface area contributed by atoms with Crippen molar-refractivity contribution in [2.45, 2.75) is 141 Å². The molecule has 4 amide bonds. The van der Waals surface area contributed by atoms with Crippen LogP contribution in [0.15, 0.2) is 0 Å². The minimum absolute atomic E-state index is 0.00406. The molecule has 1 atom stereocenters. The van der Waals surface area contributed by atoms with Gasteiger partial charge in [-0.15, -0.1) is 0 Å². The molecule has 21 nitrogen and oxygen atoms in total. The van der Waals surface area contributed by atoms with Gasteiger partial charge in [-0.1, -0.05) is 89.9 Å². The van der Waals surface area contributed by atoms with E-state index < -0.39 is 18.0 Å². The van der Waals surface area contributed by atoms with E-state index in [-0.39, 0.29) is 88.9 Å². The van der Waals surface area contributed by atoms with Crippen molar-refractivity contribution in [2.24, 2.45) is 0 Å². The van der Waals surface area contributed by atoms with Crippen LogP contribution in [0.2, 0.25) is 0 Å². The standard InChI is InChI=1S/C49H93N5O16/c1-2-63-33-34-66-31-26-52-47(58)42-70-40-38-68-32-27-53-46(57)41-69-39-37-65-29-24-50-23-28-64-35-36-67-30-25-51-44(55)22-21-43(49(61)62)54-45(56)19-17-15-13-11-9-7-5-3-4-6-8-10-12-14-16-18-20-48(59)60/h43,50H,2-42H2,1H3,(H,51,55)(H,52,58)(H,53,57)(H,54,56)(H,59,60)(H,61,62)/t43-/m0/s1. The van der Waals surface area contributed by atoms with Crippen molar-refractivity contribution in [3.63, 3.8) is 0 Å². The predicted octanol–water partition coefficient (Wildman–Crippen LogP) is 3.53. The molecule has 0 rings (SSSR count). The minimum atomic E-state index is -1.16. The Bertz CT molecular complexity index is 1270. The maximum Gasteiger partial charge on any atom is 0.326 e. The summed E-state index contributed by atoms with van der Waals surface area (Å²) >= 11 is 0. The number of carbonyl (C=O) groups is 6. The van der Waals surface area contributed by atoms with Gasteiger partial charge in [0, 0.05) is 58.6 Å². The number of carbonyl (C=O) groups excluding carboxylic acids is 4. The van der Waals surface area contributed by atoms with Gasteiger partial charge in [0.25, 0.3) is 0 Å². The third-order valence-electron chi connectivity index (χ3n) is 10.5. The lowest BCUT2D eigenvalue weighted by Gasteiger charge is -2.14. The smallest absolute Gasteiger partial charge is 0.326 e. The second-order valence-corrected chi connectivity index (χ2v) is 16.7. The van der Waals surface area contributed by atoms with Crippen LogP contribution < -0.4 is 26.6 Å². The van der Waals surface area contributed by atoms with Crippen LogP contribution in [0.5, 0.6) is 0 Å². The quantitative estimate of drug-likeness (QED) is 0.0429. The van der Waals surface area contributed by atoms with E-state index in [0.29, 0.717) is 105 Å². The van der Waals surface area contributed by atoms with Crippen LogP contribution in [0, 0.1) is 0 Å². The van der Waals surface area contributed by atoms with Gasteiger partial charge in [0.15, 0.2) is 0 Å². The van der Waals surface area contributed by atoms with Crippen molar-refractivity contribution in [1.82, 2.24) is 26.6 Å². The highest BCUT2D eigenvalue weighted by Gasteiger charge is 2.21. The van der Waals surface area contributed by atoms with Gasteiger partial charge >= 0.3 is 11.9 Å². The highest BCUT2D eigenvalue weighted by atomic mass is 16.5. The lowest BCUT2D eigenvalue weighted by molar-refractivity contribution is -0.142. The number of hydrogen-bond donors (Lipinski definition) is 7. The first kappa shape index (κ1) is 66.5. The van der Waals surface area contributed by atoms with Crippen LogP contribution in [0.1, 0.15) is 135 Å². The molecule has 0 unspecified atom stereocenters. The summed E-state index contributed by atoms with van der Waals surface area (Å²) in [5, 5.41) is 32.1. The number of hydrogen-bond acceptors (Lipinski definition) is 15. The first-order valence-corrected chi connectivity index (χ1v) is 26.0. The molecule has 410 valence electrons. The summed E-state index contributed by atoms with van der Waals surface area (Å²) in [5.41, 5.74) is 0. The molecule has 0 aliphatic carbocycles. The van der Waals surface area contributed by atoms with Crippen LogP contribution in [-0.4, -0.2) is 190 Å². The zero-order chi connectivity index (χ0) is 51.2. The minimum Gasteiger partial charge on any atom is -0.481 e. The predicted molar refractivity (Wildman–Crippen MR) is 264 cm³/mol. The van der Waals surface area contributed by atoms with Crippen LogP contribution in [0.25, 0.3) is 0 Å². The lowest BCUT2D eigenvalue weighted by Crippen LogP contribution is -2.41. The second-order valence-electron chi connectivity index (χ2n) is 16.7. The van der Waals surface area contributed by atoms with Crippen LogP contribution >= 0.6 is 0 Å². The zero-order valence-electron chi connectivity index (χ0n) is 42.7. The molecule has 0 aliphatic heterocycles. The first-order chi connectivity index (χ1) is 34.1. The highest BCUT2D eigenvalue weighted by Crippen LogP contribution is 2.14. The van der Waals surface area contributed by atoms with Crippen molar-refractivity contribution in [1.29, 1.82) is 0 Å². The van der Waals surface area contributed by atoms with Crippen molar-refractivity contribution < 1.29 is 76.9 Å². The molecule has 0 saturated carbocycles. The van der Waals surface area contributed by atoms with E-state index in [1.54, 1.807) is 0 Å². The van der Waals surface area contributed by atoms with Gasteiger partial charge in [-0.05, 0) is 26.2 Å². The molecule has 70 heavy (non-hydrogen) atoms. The Hall–Kier alpha value is -3.54. The summed E-state index contributed by atoms with van der Waals surface area (Å²) < 4.78 is 42.9. The van der Waals surface area contributed by atoms with E-state index in [1.165, 1.54) is 57.8 Å². The summed E-state index contributed by atoms with van der Waals surface area (Å²) in [6, 6.07) is -1.11. The maximum atomic E-state index is 12.4. The van der Waals surface area contributed by atoms with Crippen LogP contribution in [0.4, 0.5) is 0 Å². The van der Waals surface area contributed by atoms with Crippen molar-refractivity contribution in [3.05, 3.63) is 0 Å². The Morgan fingerprint density at radius 1 is 0.371 bits per heavy atom. The number of aliphatic carboxylic acids is 2. The van der Waals surface area contributed by atoms with E-state index in [0.717, 1.165) is 38.5 Å². The summed E-state index contributed by atoms with van der Waals surface area (Å²) in [6.45, 7) is 9.52. The summed E-state index contributed by atoms with van der Waals surface area (Å²) in [7, 11) is 0. The van der Waals surface area contributed by atoms with Gasteiger partial charge in [0.05, 0.1) is 85.9 Å². The van der Waals surface area contributed by atoms with Crippen molar-refractivity contribution >= 4 is 35.6 Å². The molecule has 21 heteroatoms. The highest BCUT2D eigenvalue weighted by molar-refractivity contribution is 5.84. The summed E-state index contributed by atoms with van der Waals surface area (Å²) in [5.74, 6) is -2.97. The van der Waals surface area contributed by atoms with Gasteiger partial charge in [0.1, 0.15) is 19.3 Å². The fourth-order valence-corrected chi connectivity index (χ4v) is 6.68. The number of unbranched alkanes of at least 4 members (excludes halogenated alkanes) is 15. The molecule has 0 saturated heterocycles. The zero-order valence-corrected chi connectivity index (χ0v) is 42.7. The number of carboxylic acid groups (broad SMARTS) is 2. The molecular weight excluding hydrogens is 915 g/mol. The normalized spacial score (nSPS) is 11.6. The molecule has 7 N–H and O–H groups in total. The number of amides is 4. The molecule has 0 aromatic rings. The van der Waals surface area contributed by atoms with Crippen molar-refractivity contribution in [3.8, 4) is 0 Å². The average molecular weight is 1010 g/mol. The summed E-state index contributed by atoms with van der Waals surface area (Å²) in [6.07, 6.45) is 18.5. The largest absolute Gasteiger partial charge is 0.481 e. The SMILES string of the molecule is CCOCCOCCNC(=O)COCCOCCNC(=O)COCCOCCNCCOCCOCCNC(=O)CC[C@H](NC(=O)CCCCCCCCCCCCCCCCCCC(=O)O)C(=O)O. The fourth-order valence-electron chi connectivity index (χ4n) is 6.68. The third-order valence-corrected chi connectivity index (χ3v) is 10.5. The van der Waals surface area contributed by atoms with E-state index >= 15 is 0 Å². The van der Waals surface area contributed by atoms with Crippen LogP contribution in [0.3, 0.4) is 0 Å². The summed E-state index contributed by atoms with van der Waals surface area (Å²) in [4.78, 5) is 70.4. The maximum absolute atomic E-state index is 12.4. The molecule has 0 aromatic carbocycles. The van der Waals surface area contributed by atoms with Gasteiger partial charge in [-0.25, -0.2) is 4.79 Å². The molecule has 0 fully saturated rings. The average Bonchev–Trinajstić information content (AvgIpc) is 3.33. The number of ether oxygens (including phenoxy) is 8. The fraction of sp³-hybridized carbons (Fsp3) is 0.878. The molecule has 0 aromatic heterocycles. The van der Waals surface area contributed by atoms with Gasteiger partial charge in [-0.2, -0.15) is 0 Å². The van der Waals surface area contributed by atoms with E-state index in [9.17, 15) is 33.9 Å². The number of carboxylic acids is 2. The third kappa shape index (κ3) is 52.3.